The van der Waals surface area contributed by atoms with Gasteiger partial charge < -0.3 is 5.32 Å². The summed E-state index contributed by atoms with van der Waals surface area (Å²) in [5.41, 5.74) is -0.0733. The molecular weight excluding hydrogens is 370 g/mol. The SMILES string of the molecule is O=C(Nc1ccc(F)c(F)c1F)c1ccccc1I. The van der Waals surface area contributed by atoms with Crippen LogP contribution in [0.2, 0.25) is 0 Å². The molecule has 0 aliphatic rings. The molecule has 2 nitrogen and oxygen atoms in total. The van der Waals surface area contributed by atoms with Crippen LogP contribution in [0.15, 0.2) is 36.4 Å². The zero-order valence-corrected chi connectivity index (χ0v) is 11.5. The van der Waals surface area contributed by atoms with Crippen molar-refractivity contribution in [3.63, 3.8) is 0 Å². The summed E-state index contributed by atoms with van der Waals surface area (Å²) in [7, 11) is 0. The molecule has 0 heterocycles. The van der Waals surface area contributed by atoms with Crippen molar-refractivity contribution in [3.05, 3.63) is 63.0 Å². The predicted octanol–water partition coefficient (Wildman–Crippen LogP) is 3.96. The first kappa shape index (κ1) is 13.9. The minimum atomic E-state index is -1.61. The van der Waals surface area contributed by atoms with Gasteiger partial charge in [0.1, 0.15) is 0 Å². The van der Waals surface area contributed by atoms with Crippen LogP contribution in [0.4, 0.5) is 18.9 Å². The number of halogens is 4. The highest BCUT2D eigenvalue weighted by Crippen LogP contribution is 2.21. The third kappa shape index (κ3) is 2.89. The van der Waals surface area contributed by atoms with Gasteiger partial charge in [0.2, 0.25) is 0 Å². The molecule has 2 rings (SSSR count). The third-order valence-electron chi connectivity index (χ3n) is 2.40. The van der Waals surface area contributed by atoms with Gasteiger partial charge in [-0.1, -0.05) is 12.1 Å². The normalized spacial score (nSPS) is 10.3. The van der Waals surface area contributed by atoms with Gasteiger partial charge in [0.15, 0.2) is 17.5 Å². The van der Waals surface area contributed by atoms with E-state index in [1.165, 1.54) is 0 Å². The minimum absolute atomic E-state index is 0.326. The summed E-state index contributed by atoms with van der Waals surface area (Å²) >= 11 is 1.95. The molecule has 0 radical (unpaired) electrons. The van der Waals surface area contributed by atoms with Gasteiger partial charge in [0.05, 0.1) is 11.3 Å². The number of carbonyl (C=O) groups is 1. The smallest absolute Gasteiger partial charge is 0.256 e. The second-order valence-corrected chi connectivity index (χ2v) is 4.82. The van der Waals surface area contributed by atoms with E-state index < -0.39 is 29.0 Å². The molecule has 6 heteroatoms. The molecule has 1 amide bonds. The maximum Gasteiger partial charge on any atom is 0.256 e. The first-order valence-electron chi connectivity index (χ1n) is 5.20. The van der Waals surface area contributed by atoms with Gasteiger partial charge in [0.25, 0.3) is 5.91 Å². The Morgan fingerprint density at radius 1 is 1.00 bits per heavy atom. The molecule has 2 aromatic carbocycles. The molecule has 0 saturated heterocycles. The lowest BCUT2D eigenvalue weighted by Crippen LogP contribution is -2.15. The number of anilines is 1. The van der Waals surface area contributed by atoms with Crippen LogP contribution >= 0.6 is 22.6 Å². The van der Waals surface area contributed by atoms with E-state index in [1.807, 2.05) is 22.6 Å². The Labute approximate surface area is 120 Å². The third-order valence-corrected chi connectivity index (χ3v) is 3.34. The van der Waals surface area contributed by atoms with Crippen LogP contribution in [0.3, 0.4) is 0 Å². The van der Waals surface area contributed by atoms with E-state index in [9.17, 15) is 18.0 Å². The zero-order chi connectivity index (χ0) is 14.0. The maximum atomic E-state index is 13.4. The van der Waals surface area contributed by atoms with E-state index in [4.69, 9.17) is 0 Å². The Balaban J connectivity index is 2.30. The maximum absolute atomic E-state index is 13.4. The summed E-state index contributed by atoms with van der Waals surface area (Å²) in [6, 6.07) is 8.38. The molecule has 0 bridgehead atoms. The quantitative estimate of drug-likeness (QED) is 0.623. The zero-order valence-electron chi connectivity index (χ0n) is 9.38. The van der Waals surface area contributed by atoms with Crippen LogP contribution in [0.25, 0.3) is 0 Å². The number of amides is 1. The molecule has 0 aromatic heterocycles. The Morgan fingerprint density at radius 3 is 2.37 bits per heavy atom. The largest absolute Gasteiger partial charge is 0.319 e. The fourth-order valence-electron chi connectivity index (χ4n) is 1.46. The van der Waals surface area contributed by atoms with Crippen molar-refractivity contribution in [1.29, 1.82) is 0 Å². The van der Waals surface area contributed by atoms with Crippen molar-refractivity contribution in [1.82, 2.24) is 0 Å². The minimum Gasteiger partial charge on any atom is -0.319 e. The van der Waals surface area contributed by atoms with Crippen molar-refractivity contribution < 1.29 is 18.0 Å². The second-order valence-electron chi connectivity index (χ2n) is 3.66. The van der Waals surface area contributed by atoms with Gasteiger partial charge in [-0.25, -0.2) is 13.2 Å². The Bertz CT molecular complexity index is 646. The Kier molecular flexibility index (Phi) is 4.08. The molecular formula is C13H7F3INO. The summed E-state index contributed by atoms with van der Waals surface area (Å²) in [5, 5.41) is 2.21. The van der Waals surface area contributed by atoms with Crippen molar-refractivity contribution >= 4 is 34.2 Å². The van der Waals surface area contributed by atoms with Crippen LogP contribution in [-0.4, -0.2) is 5.91 Å². The van der Waals surface area contributed by atoms with Crippen LogP contribution in [-0.2, 0) is 0 Å². The first-order chi connectivity index (χ1) is 9.00. The highest BCUT2D eigenvalue weighted by molar-refractivity contribution is 14.1. The number of carbonyl (C=O) groups excluding carboxylic acids is 1. The second kappa shape index (κ2) is 5.60. The van der Waals surface area contributed by atoms with Crippen LogP contribution < -0.4 is 5.32 Å². The van der Waals surface area contributed by atoms with Crippen LogP contribution in [0.5, 0.6) is 0 Å². The molecule has 19 heavy (non-hydrogen) atoms. The lowest BCUT2D eigenvalue weighted by atomic mass is 10.2. The van der Waals surface area contributed by atoms with Gasteiger partial charge in [0, 0.05) is 3.57 Å². The summed E-state index contributed by atoms with van der Waals surface area (Å²) in [6.07, 6.45) is 0. The van der Waals surface area contributed by atoms with Gasteiger partial charge in [-0.15, -0.1) is 0 Å². The molecule has 0 spiro atoms. The summed E-state index contributed by atoms with van der Waals surface area (Å²) < 4.78 is 39.9. The van der Waals surface area contributed by atoms with Gasteiger partial charge in [-0.3, -0.25) is 4.79 Å². The van der Waals surface area contributed by atoms with Crippen molar-refractivity contribution in [2.24, 2.45) is 0 Å². The van der Waals surface area contributed by atoms with Gasteiger partial charge >= 0.3 is 0 Å². The number of hydrogen-bond donors (Lipinski definition) is 1. The molecule has 0 aliphatic heterocycles. The lowest BCUT2D eigenvalue weighted by Gasteiger charge is -2.08. The molecule has 98 valence electrons. The molecule has 0 unspecified atom stereocenters. The van der Waals surface area contributed by atoms with E-state index >= 15 is 0 Å². The monoisotopic (exact) mass is 377 g/mol. The average Bonchev–Trinajstić information content (AvgIpc) is 2.40. The molecule has 0 atom stereocenters. The molecule has 0 fully saturated rings. The van der Waals surface area contributed by atoms with E-state index in [-0.39, 0.29) is 0 Å². The summed E-state index contributed by atoms with van der Waals surface area (Å²) in [4.78, 5) is 11.9. The van der Waals surface area contributed by atoms with Gasteiger partial charge in [-0.05, 0) is 46.9 Å². The highest BCUT2D eigenvalue weighted by atomic mass is 127. The number of benzene rings is 2. The van der Waals surface area contributed by atoms with Crippen molar-refractivity contribution in [2.75, 3.05) is 5.32 Å². The fourth-order valence-corrected chi connectivity index (χ4v) is 2.09. The number of nitrogens with one attached hydrogen (secondary N) is 1. The van der Waals surface area contributed by atoms with Crippen LogP contribution in [0, 0.1) is 21.0 Å². The number of rotatable bonds is 2. The molecule has 1 N–H and O–H groups in total. The topological polar surface area (TPSA) is 29.1 Å². The standard InChI is InChI=1S/C13H7F3INO/c14-8-5-6-10(12(16)11(8)15)18-13(19)7-3-1-2-4-9(7)17/h1-6H,(H,18,19). The van der Waals surface area contributed by atoms with E-state index in [1.54, 1.807) is 24.3 Å². The Hall–Kier alpha value is -1.57. The summed E-state index contributed by atoms with van der Waals surface area (Å²) in [6.45, 7) is 0. The van der Waals surface area contributed by atoms with E-state index in [2.05, 4.69) is 5.32 Å². The van der Waals surface area contributed by atoms with E-state index in [0.717, 1.165) is 12.1 Å². The molecule has 2 aromatic rings. The fraction of sp³-hybridized carbons (Fsp3) is 0. The average molecular weight is 377 g/mol. The summed E-state index contributed by atoms with van der Waals surface area (Å²) in [5.74, 6) is -4.92. The molecule has 0 saturated carbocycles. The Morgan fingerprint density at radius 2 is 1.68 bits per heavy atom. The van der Waals surface area contributed by atoms with Crippen molar-refractivity contribution in [3.8, 4) is 0 Å². The van der Waals surface area contributed by atoms with E-state index in [0.29, 0.717) is 9.13 Å². The lowest BCUT2D eigenvalue weighted by molar-refractivity contribution is 0.102. The van der Waals surface area contributed by atoms with Crippen molar-refractivity contribution in [2.45, 2.75) is 0 Å². The highest BCUT2D eigenvalue weighted by Gasteiger charge is 2.16. The first-order valence-corrected chi connectivity index (χ1v) is 6.28. The van der Waals surface area contributed by atoms with Gasteiger partial charge in [-0.2, -0.15) is 0 Å². The number of hydrogen-bond acceptors (Lipinski definition) is 1. The predicted molar refractivity (Wildman–Crippen MR) is 73.4 cm³/mol. The van der Waals surface area contributed by atoms with Crippen LogP contribution in [0.1, 0.15) is 10.4 Å². The molecule has 0 aliphatic carbocycles.